The van der Waals surface area contributed by atoms with E-state index in [0.29, 0.717) is 6.04 Å². The van der Waals surface area contributed by atoms with Crippen molar-refractivity contribution < 1.29 is 0 Å². The Labute approximate surface area is 116 Å². The van der Waals surface area contributed by atoms with Crippen LogP contribution in [0.2, 0.25) is 0 Å². The van der Waals surface area contributed by atoms with Crippen LogP contribution in [0.25, 0.3) is 0 Å². The molecule has 2 heteroatoms. The molecule has 18 heavy (non-hydrogen) atoms. The molecule has 0 radical (unpaired) electrons. The monoisotopic (exact) mass is 256 g/mol. The average molecular weight is 256 g/mol. The zero-order valence-corrected chi connectivity index (χ0v) is 13.3. The Morgan fingerprint density at radius 1 is 0.833 bits per heavy atom. The van der Waals surface area contributed by atoms with Gasteiger partial charge in [-0.1, -0.05) is 39.5 Å². The predicted molar refractivity (Wildman–Crippen MR) is 83.2 cm³/mol. The molecule has 0 rings (SSSR count). The molecule has 0 aromatic carbocycles. The third-order valence-corrected chi connectivity index (χ3v) is 3.58. The van der Waals surface area contributed by atoms with Gasteiger partial charge < -0.3 is 10.2 Å². The highest BCUT2D eigenvalue weighted by atomic mass is 15.1. The van der Waals surface area contributed by atoms with E-state index < -0.39 is 0 Å². The van der Waals surface area contributed by atoms with Crippen LogP contribution in [-0.2, 0) is 0 Å². The van der Waals surface area contributed by atoms with Gasteiger partial charge >= 0.3 is 0 Å². The summed E-state index contributed by atoms with van der Waals surface area (Å²) in [4.78, 5) is 2.65. The number of rotatable bonds is 13. The minimum absolute atomic E-state index is 0.712. The Balaban J connectivity index is 3.46. The molecule has 0 aromatic rings. The van der Waals surface area contributed by atoms with Crippen molar-refractivity contribution >= 4 is 0 Å². The van der Waals surface area contributed by atoms with Crippen LogP contribution in [0.1, 0.15) is 72.6 Å². The van der Waals surface area contributed by atoms with E-state index in [1.807, 2.05) is 0 Å². The summed E-state index contributed by atoms with van der Waals surface area (Å²) in [6.45, 7) is 14.0. The third kappa shape index (κ3) is 11.0. The second kappa shape index (κ2) is 13.4. The molecule has 0 bridgehead atoms. The second-order valence-corrected chi connectivity index (χ2v) is 5.60. The average Bonchev–Trinajstić information content (AvgIpc) is 2.35. The van der Waals surface area contributed by atoms with E-state index in [1.165, 1.54) is 64.6 Å². The van der Waals surface area contributed by atoms with Crippen molar-refractivity contribution in [2.24, 2.45) is 0 Å². The normalized spacial score (nSPS) is 11.7. The van der Waals surface area contributed by atoms with Crippen LogP contribution >= 0.6 is 0 Å². The quantitative estimate of drug-likeness (QED) is 0.500. The van der Waals surface area contributed by atoms with Gasteiger partial charge in [0, 0.05) is 6.04 Å². The second-order valence-electron chi connectivity index (χ2n) is 5.60. The molecule has 1 N–H and O–H groups in total. The van der Waals surface area contributed by atoms with E-state index in [0.717, 1.165) is 6.54 Å². The Bertz CT molecular complexity index is 157. The van der Waals surface area contributed by atoms with E-state index in [-0.39, 0.29) is 0 Å². The summed E-state index contributed by atoms with van der Waals surface area (Å²) in [5.74, 6) is 0. The first-order valence-electron chi connectivity index (χ1n) is 8.17. The predicted octanol–water partition coefficient (Wildman–Crippen LogP) is 4.06. The number of hydrogen-bond donors (Lipinski definition) is 1. The van der Waals surface area contributed by atoms with Crippen molar-refractivity contribution in [1.29, 1.82) is 0 Å². The van der Waals surface area contributed by atoms with Gasteiger partial charge in [0.25, 0.3) is 0 Å². The summed E-state index contributed by atoms with van der Waals surface area (Å²) in [6.07, 6.45) is 9.56. The standard InChI is InChI=1S/C16H36N2/c1-5-7-11-14-18(16(3)4)15-12-9-8-10-13-17-6-2/h16-17H,5-15H2,1-4H3. The molecule has 0 fully saturated rings. The Morgan fingerprint density at radius 2 is 1.44 bits per heavy atom. The van der Waals surface area contributed by atoms with Gasteiger partial charge in [-0.25, -0.2) is 0 Å². The molecule has 0 aliphatic carbocycles. The molecule has 0 unspecified atom stereocenters. The summed E-state index contributed by atoms with van der Waals surface area (Å²) in [6, 6.07) is 0.712. The molecule has 0 saturated carbocycles. The van der Waals surface area contributed by atoms with Crippen molar-refractivity contribution in [1.82, 2.24) is 10.2 Å². The van der Waals surface area contributed by atoms with Gasteiger partial charge in [0.1, 0.15) is 0 Å². The summed E-state index contributed by atoms with van der Waals surface area (Å²) >= 11 is 0. The van der Waals surface area contributed by atoms with Crippen molar-refractivity contribution in [2.45, 2.75) is 78.7 Å². The van der Waals surface area contributed by atoms with Gasteiger partial charge in [0.05, 0.1) is 0 Å². The van der Waals surface area contributed by atoms with Gasteiger partial charge in [0.2, 0.25) is 0 Å². The van der Waals surface area contributed by atoms with Gasteiger partial charge in [-0.2, -0.15) is 0 Å². The molecular formula is C16H36N2. The van der Waals surface area contributed by atoms with Crippen molar-refractivity contribution in [2.75, 3.05) is 26.2 Å². The highest BCUT2D eigenvalue weighted by molar-refractivity contribution is 4.63. The van der Waals surface area contributed by atoms with Crippen LogP contribution in [0, 0.1) is 0 Å². The number of hydrogen-bond acceptors (Lipinski definition) is 2. The third-order valence-electron chi connectivity index (χ3n) is 3.58. The first kappa shape index (κ1) is 17.9. The smallest absolute Gasteiger partial charge is 0.00385 e. The van der Waals surface area contributed by atoms with Gasteiger partial charge in [-0.05, 0) is 59.3 Å². The molecule has 2 nitrogen and oxygen atoms in total. The fraction of sp³-hybridized carbons (Fsp3) is 1.00. The summed E-state index contributed by atoms with van der Waals surface area (Å²) in [5.41, 5.74) is 0. The maximum absolute atomic E-state index is 3.39. The minimum atomic E-state index is 0.712. The molecule has 0 heterocycles. The molecular weight excluding hydrogens is 220 g/mol. The lowest BCUT2D eigenvalue weighted by molar-refractivity contribution is 0.212. The first-order chi connectivity index (χ1) is 8.72. The first-order valence-corrected chi connectivity index (χ1v) is 8.17. The lowest BCUT2D eigenvalue weighted by Crippen LogP contribution is -2.32. The number of nitrogens with zero attached hydrogens (tertiary/aromatic N) is 1. The Hall–Kier alpha value is -0.0800. The van der Waals surface area contributed by atoms with Crippen LogP contribution < -0.4 is 5.32 Å². The fourth-order valence-electron chi connectivity index (χ4n) is 2.29. The maximum atomic E-state index is 3.39. The van der Waals surface area contributed by atoms with E-state index in [9.17, 15) is 0 Å². The van der Waals surface area contributed by atoms with E-state index >= 15 is 0 Å². The highest BCUT2D eigenvalue weighted by Gasteiger charge is 2.07. The zero-order valence-electron chi connectivity index (χ0n) is 13.3. The molecule has 110 valence electrons. The zero-order chi connectivity index (χ0) is 13.6. The van der Waals surface area contributed by atoms with E-state index in [4.69, 9.17) is 0 Å². The molecule has 0 aromatic heterocycles. The van der Waals surface area contributed by atoms with Crippen LogP contribution in [0.3, 0.4) is 0 Å². The highest BCUT2D eigenvalue weighted by Crippen LogP contribution is 2.07. The van der Waals surface area contributed by atoms with Crippen molar-refractivity contribution in [3.63, 3.8) is 0 Å². The fourth-order valence-corrected chi connectivity index (χ4v) is 2.29. The van der Waals surface area contributed by atoms with Crippen LogP contribution in [0.15, 0.2) is 0 Å². The van der Waals surface area contributed by atoms with Gasteiger partial charge in [0.15, 0.2) is 0 Å². The van der Waals surface area contributed by atoms with Crippen LogP contribution in [-0.4, -0.2) is 37.1 Å². The Kier molecular flexibility index (Phi) is 13.3. The maximum Gasteiger partial charge on any atom is 0.00385 e. The molecule has 0 saturated heterocycles. The molecule has 0 aliphatic rings. The van der Waals surface area contributed by atoms with Gasteiger partial charge in [-0.3, -0.25) is 0 Å². The minimum Gasteiger partial charge on any atom is -0.317 e. The van der Waals surface area contributed by atoms with Crippen LogP contribution in [0.4, 0.5) is 0 Å². The van der Waals surface area contributed by atoms with Crippen LogP contribution in [0.5, 0.6) is 0 Å². The Morgan fingerprint density at radius 3 is 2.00 bits per heavy atom. The van der Waals surface area contributed by atoms with Crippen molar-refractivity contribution in [3.8, 4) is 0 Å². The van der Waals surface area contributed by atoms with Gasteiger partial charge in [-0.15, -0.1) is 0 Å². The van der Waals surface area contributed by atoms with Crippen molar-refractivity contribution in [3.05, 3.63) is 0 Å². The molecule has 0 aliphatic heterocycles. The number of unbranched alkanes of at least 4 members (excludes halogenated alkanes) is 5. The summed E-state index contributed by atoms with van der Waals surface area (Å²) < 4.78 is 0. The molecule has 0 atom stereocenters. The SMILES string of the molecule is CCCCCN(CCCCCCNCC)C(C)C. The van der Waals surface area contributed by atoms with E-state index in [2.05, 4.69) is 37.9 Å². The summed E-state index contributed by atoms with van der Waals surface area (Å²) in [7, 11) is 0. The summed E-state index contributed by atoms with van der Waals surface area (Å²) in [5, 5.41) is 3.39. The molecule has 0 amide bonds. The largest absolute Gasteiger partial charge is 0.317 e. The van der Waals surface area contributed by atoms with E-state index in [1.54, 1.807) is 0 Å². The lowest BCUT2D eigenvalue weighted by atomic mass is 10.1. The molecule has 0 spiro atoms. The number of nitrogens with one attached hydrogen (secondary N) is 1. The lowest BCUT2D eigenvalue weighted by Gasteiger charge is -2.26. The topological polar surface area (TPSA) is 15.3 Å².